The summed E-state index contributed by atoms with van der Waals surface area (Å²) in [4.78, 5) is 4.79. The van der Waals surface area contributed by atoms with Crippen LogP contribution >= 0.6 is 0 Å². The summed E-state index contributed by atoms with van der Waals surface area (Å²) in [6.45, 7) is 7.60. The minimum atomic E-state index is 0.179. The summed E-state index contributed by atoms with van der Waals surface area (Å²) >= 11 is 0. The number of hydrogen-bond acceptors (Lipinski definition) is 2. The number of nitrogens with zero attached hydrogens (tertiary/aromatic N) is 2. The molecule has 102 valence electrons. The van der Waals surface area contributed by atoms with E-state index in [1.54, 1.807) is 0 Å². The molecule has 1 heterocycles. The molecule has 1 fully saturated rings. The average molecular weight is 257 g/mol. The van der Waals surface area contributed by atoms with Crippen molar-refractivity contribution in [3.05, 3.63) is 29.6 Å². The van der Waals surface area contributed by atoms with Crippen LogP contribution in [0.25, 0.3) is 11.0 Å². The fourth-order valence-electron chi connectivity index (χ4n) is 2.40. The summed E-state index contributed by atoms with van der Waals surface area (Å²) in [5.41, 5.74) is 3.86. The van der Waals surface area contributed by atoms with Crippen LogP contribution in [0.4, 0.5) is 0 Å². The molecule has 0 atom stereocenters. The smallest absolute Gasteiger partial charge is 0.123 e. The molecule has 1 aliphatic carbocycles. The predicted octanol–water partition coefficient (Wildman–Crippen LogP) is 3.12. The van der Waals surface area contributed by atoms with E-state index in [0.29, 0.717) is 0 Å². The molecule has 1 saturated carbocycles. The number of aryl methyl sites for hydroxylation is 1. The second-order valence-electron chi connectivity index (χ2n) is 6.70. The third kappa shape index (κ3) is 2.52. The number of aromatic nitrogens is 2. The van der Waals surface area contributed by atoms with Crippen molar-refractivity contribution in [2.24, 2.45) is 7.05 Å². The molecule has 19 heavy (non-hydrogen) atoms. The molecule has 0 spiro atoms. The zero-order chi connectivity index (χ0) is 13.6. The van der Waals surface area contributed by atoms with E-state index in [9.17, 15) is 0 Å². The lowest BCUT2D eigenvalue weighted by molar-refractivity contribution is 0.591. The molecule has 1 aromatic carbocycles. The average Bonchev–Trinajstić information content (AvgIpc) is 3.11. The highest BCUT2D eigenvalue weighted by atomic mass is 15.1. The second kappa shape index (κ2) is 4.34. The monoisotopic (exact) mass is 257 g/mol. The lowest BCUT2D eigenvalue weighted by Gasteiger charge is -2.18. The quantitative estimate of drug-likeness (QED) is 0.915. The van der Waals surface area contributed by atoms with E-state index in [2.05, 4.69) is 55.9 Å². The highest BCUT2D eigenvalue weighted by Crippen LogP contribution is 2.26. The Labute approximate surface area is 115 Å². The van der Waals surface area contributed by atoms with Gasteiger partial charge in [-0.2, -0.15) is 0 Å². The molecule has 1 aliphatic rings. The number of imidazole rings is 1. The van der Waals surface area contributed by atoms with Crippen molar-refractivity contribution in [3.8, 4) is 0 Å². The van der Waals surface area contributed by atoms with Crippen molar-refractivity contribution in [2.75, 3.05) is 0 Å². The van der Waals surface area contributed by atoms with E-state index in [0.717, 1.165) is 23.9 Å². The molecule has 0 radical (unpaired) electrons. The van der Waals surface area contributed by atoms with Gasteiger partial charge >= 0.3 is 0 Å². The van der Waals surface area contributed by atoms with Gasteiger partial charge in [0.2, 0.25) is 0 Å². The van der Waals surface area contributed by atoms with E-state index in [-0.39, 0.29) is 5.41 Å². The molecule has 1 N–H and O–H groups in total. The zero-order valence-corrected chi connectivity index (χ0v) is 12.3. The predicted molar refractivity (Wildman–Crippen MR) is 79.3 cm³/mol. The summed E-state index contributed by atoms with van der Waals surface area (Å²) in [7, 11) is 2.11. The van der Waals surface area contributed by atoms with Gasteiger partial charge in [0.15, 0.2) is 0 Å². The maximum absolute atomic E-state index is 4.79. The minimum Gasteiger partial charge on any atom is -0.330 e. The van der Waals surface area contributed by atoms with Crippen LogP contribution in [-0.2, 0) is 19.0 Å². The summed E-state index contributed by atoms with van der Waals surface area (Å²) in [6.07, 6.45) is 2.64. The molecular formula is C16H23N3. The van der Waals surface area contributed by atoms with Crippen LogP contribution in [0.1, 0.15) is 45.0 Å². The number of hydrogen-bond donors (Lipinski definition) is 1. The second-order valence-corrected chi connectivity index (χ2v) is 6.70. The third-order valence-corrected chi connectivity index (χ3v) is 3.97. The van der Waals surface area contributed by atoms with Crippen molar-refractivity contribution in [1.29, 1.82) is 0 Å². The Hall–Kier alpha value is -1.35. The van der Waals surface area contributed by atoms with Gasteiger partial charge in [0.25, 0.3) is 0 Å². The van der Waals surface area contributed by atoms with Crippen molar-refractivity contribution in [3.63, 3.8) is 0 Å². The Bertz CT molecular complexity index is 600. The Kier molecular flexibility index (Phi) is 2.90. The molecule has 1 aromatic heterocycles. The van der Waals surface area contributed by atoms with Crippen LogP contribution in [0.15, 0.2) is 18.2 Å². The molecule has 0 saturated heterocycles. The number of rotatable bonds is 3. The van der Waals surface area contributed by atoms with E-state index >= 15 is 0 Å². The summed E-state index contributed by atoms with van der Waals surface area (Å²) in [5.74, 6) is 1.13. The molecule has 3 heteroatoms. The van der Waals surface area contributed by atoms with E-state index < -0.39 is 0 Å². The Morgan fingerprint density at radius 1 is 1.32 bits per heavy atom. The Morgan fingerprint density at radius 3 is 2.68 bits per heavy atom. The van der Waals surface area contributed by atoms with Gasteiger partial charge in [-0.05, 0) is 36.0 Å². The van der Waals surface area contributed by atoms with Crippen LogP contribution in [0.3, 0.4) is 0 Å². The van der Waals surface area contributed by atoms with Crippen LogP contribution in [0.2, 0.25) is 0 Å². The zero-order valence-electron chi connectivity index (χ0n) is 12.3. The third-order valence-electron chi connectivity index (χ3n) is 3.97. The minimum absolute atomic E-state index is 0.179. The van der Waals surface area contributed by atoms with Gasteiger partial charge in [-0.15, -0.1) is 0 Å². The maximum Gasteiger partial charge on any atom is 0.123 e. The summed E-state index contributed by atoms with van der Waals surface area (Å²) < 4.78 is 2.21. The van der Waals surface area contributed by atoms with Gasteiger partial charge in [-0.1, -0.05) is 26.8 Å². The molecule has 0 aliphatic heterocycles. The van der Waals surface area contributed by atoms with Gasteiger partial charge in [0.05, 0.1) is 17.6 Å². The molecule has 3 nitrogen and oxygen atoms in total. The topological polar surface area (TPSA) is 29.9 Å². The summed E-state index contributed by atoms with van der Waals surface area (Å²) in [6, 6.07) is 7.38. The lowest BCUT2D eigenvalue weighted by atomic mass is 9.87. The van der Waals surface area contributed by atoms with Gasteiger partial charge < -0.3 is 9.88 Å². The fourth-order valence-corrected chi connectivity index (χ4v) is 2.40. The van der Waals surface area contributed by atoms with Crippen LogP contribution < -0.4 is 5.32 Å². The SMILES string of the molecule is Cn1c(CNC2CC2)nc2cc(C(C)(C)C)ccc21. The van der Waals surface area contributed by atoms with E-state index in [4.69, 9.17) is 4.98 Å². The van der Waals surface area contributed by atoms with Crippen molar-refractivity contribution in [2.45, 2.75) is 51.6 Å². The van der Waals surface area contributed by atoms with Crippen molar-refractivity contribution in [1.82, 2.24) is 14.9 Å². The van der Waals surface area contributed by atoms with Gasteiger partial charge in [-0.3, -0.25) is 0 Å². The number of benzene rings is 1. The molecule has 0 amide bonds. The highest BCUT2D eigenvalue weighted by Gasteiger charge is 2.21. The highest BCUT2D eigenvalue weighted by molar-refractivity contribution is 5.77. The lowest BCUT2D eigenvalue weighted by Crippen LogP contribution is -2.18. The van der Waals surface area contributed by atoms with Crippen molar-refractivity contribution < 1.29 is 0 Å². The first-order valence-corrected chi connectivity index (χ1v) is 7.14. The molecule has 0 unspecified atom stereocenters. The van der Waals surface area contributed by atoms with E-state index in [1.807, 2.05) is 0 Å². The fraction of sp³-hybridized carbons (Fsp3) is 0.562. The maximum atomic E-state index is 4.79. The first kappa shape index (κ1) is 12.7. The summed E-state index contributed by atoms with van der Waals surface area (Å²) in [5, 5.41) is 3.54. The molecule has 2 aromatic rings. The standard InChI is InChI=1S/C16H23N3/c1-16(2,3)11-5-8-14-13(9-11)18-15(19(14)4)10-17-12-6-7-12/h5,8-9,12,17H,6-7,10H2,1-4H3. The molecule has 0 bridgehead atoms. The van der Waals surface area contributed by atoms with Crippen LogP contribution in [-0.4, -0.2) is 15.6 Å². The van der Waals surface area contributed by atoms with Crippen molar-refractivity contribution >= 4 is 11.0 Å². The van der Waals surface area contributed by atoms with Crippen LogP contribution in [0.5, 0.6) is 0 Å². The largest absolute Gasteiger partial charge is 0.330 e. The first-order valence-electron chi connectivity index (χ1n) is 7.14. The van der Waals surface area contributed by atoms with Gasteiger partial charge in [0, 0.05) is 13.1 Å². The van der Waals surface area contributed by atoms with Gasteiger partial charge in [0.1, 0.15) is 5.82 Å². The van der Waals surface area contributed by atoms with E-state index in [1.165, 1.54) is 23.9 Å². The molecular weight excluding hydrogens is 234 g/mol. The number of fused-ring (bicyclic) bond motifs is 1. The Morgan fingerprint density at radius 2 is 2.05 bits per heavy atom. The number of nitrogens with one attached hydrogen (secondary N) is 1. The first-order chi connectivity index (χ1) is 8.95. The Balaban J connectivity index is 1.94. The molecule has 3 rings (SSSR count). The normalized spacial score (nSPS) is 16.2. The van der Waals surface area contributed by atoms with Gasteiger partial charge in [-0.25, -0.2) is 4.98 Å². The van der Waals surface area contributed by atoms with Crippen LogP contribution in [0, 0.1) is 0 Å².